The standard InChI is InChI=1S/C8H7FN2O2/c1-13-8-6(12)2-4-5(9)3-10-7(4)11-8/h2-3,12H,1H3,(H,10,11). The van der Waals surface area contributed by atoms with E-state index in [0.29, 0.717) is 5.65 Å². The molecule has 0 atom stereocenters. The number of aromatic amines is 1. The molecule has 13 heavy (non-hydrogen) atoms. The number of pyridine rings is 1. The van der Waals surface area contributed by atoms with Crippen LogP contribution in [0.2, 0.25) is 0 Å². The fourth-order valence-corrected chi connectivity index (χ4v) is 1.14. The Labute approximate surface area is 73.0 Å². The molecule has 0 saturated heterocycles. The summed E-state index contributed by atoms with van der Waals surface area (Å²) in [5, 5.41) is 9.53. The summed E-state index contributed by atoms with van der Waals surface area (Å²) in [6, 6.07) is 1.27. The molecular formula is C8H7FN2O2. The van der Waals surface area contributed by atoms with E-state index in [0.717, 1.165) is 0 Å². The molecule has 0 amide bonds. The Morgan fingerprint density at radius 3 is 3.08 bits per heavy atom. The van der Waals surface area contributed by atoms with Crippen LogP contribution in [0.25, 0.3) is 11.0 Å². The Morgan fingerprint density at radius 2 is 2.38 bits per heavy atom. The van der Waals surface area contributed by atoms with Crippen LogP contribution < -0.4 is 4.74 Å². The summed E-state index contributed by atoms with van der Waals surface area (Å²) in [6.07, 6.45) is 1.18. The predicted octanol–water partition coefficient (Wildman–Crippen LogP) is 1.42. The van der Waals surface area contributed by atoms with Crippen LogP contribution in [0.3, 0.4) is 0 Å². The highest BCUT2D eigenvalue weighted by atomic mass is 19.1. The second kappa shape index (κ2) is 2.62. The molecular weight excluding hydrogens is 175 g/mol. The first-order chi connectivity index (χ1) is 6.22. The second-order valence-electron chi connectivity index (χ2n) is 2.55. The number of nitrogens with zero attached hydrogens (tertiary/aromatic N) is 1. The maximum atomic E-state index is 12.9. The number of hydrogen-bond acceptors (Lipinski definition) is 3. The van der Waals surface area contributed by atoms with Crippen molar-refractivity contribution >= 4 is 11.0 Å². The molecule has 0 radical (unpaired) electrons. The molecule has 2 aromatic rings. The Morgan fingerprint density at radius 1 is 1.62 bits per heavy atom. The lowest BCUT2D eigenvalue weighted by Crippen LogP contribution is -1.88. The zero-order chi connectivity index (χ0) is 9.42. The van der Waals surface area contributed by atoms with Gasteiger partial charge in [-0.2, -0.15) is 4.98 Å². The number of hydrogen-bond donors (Lipinski definition) is 2. The molecule has 0 fully saturated rings. The Hall–Kier alpha value is -1.78. The minimum Gasteiger partial charge on any atom is -0.503 e. The highest BCUT2D eigenvalue weighted by molar-refractivity contribution is 5.78. The van der Waals surface area contributed by atoms with Crippen LogP contribution in [-0.2, 0) is 0 Å². The molecule has 0 bridgehead atoms. The molecule has 0 saturated carbocycles. The van der Waals surface area contributed by atoms with Gasteiger partial charge in [0.15, 0.2) is 5.75 Å². The van der Waals surface area contributed by atoms with Crippen molar-refractivity contribution in [2.45, 2.75) is 0 Å². The Balaban J connectivity index is 2.76. The van der Waals surface area contributed by atoms with Crippen molar-refractivity contribution in [1.82, 2.24) is 9.97 Å². The lowest BCUT2D eigenvalue weighted by atomic mass is 10.3. The van der Waals surface area contributed by atoms with Crippen LogP contribution in [0.15, 0.2) is 12.3 Å². The van der Waals surface area contributed by atoms with E-state index in [-0.39, 0.29) is 17.0 Å². The first kappa shape index (κ1) is 7.85. The van der Waals surface area contributed by atoms with E-state index < -0.39 is 5.82 Å². The highest BCUT2D eigenvalue weighted by Crippen LogP contribution is 2.28. The van der Waals surface area contributed by atoms with Gasteiger partial charge in [-0.05, 0) is 6.07 Å². The van der Waals surface area contributed by atoms with E-state index in [1.165, 1.54) is 19.4 Å². The molecule has 2 N–H and O–H groups in total. The zero-order valence-corrected chi connectivity index (χ0v) is 6.84. The molecule has 0 aliphatic heterocycles. The molecule has 2 heterocycles. The maximum Gasteiger partial charge on any atom is 0.258 e. The normalized spacial score (nSPS) is 10.6. The summed E-state index contributed by atoms with van der Waals surface area (Å²) in [4.78, 5) is 6.46. The van der Waals surface area contributed by atoms with Gasteiger partial charge in [-0.3, -0.25) is 0 Å². The molecule has 4 nitrogen and oxygen atoms in total. The number of fused-ring (bicyclic) bond motifs is 1. The third kappa shape index (κ3) is 1.09. The van der Waals surface area contributed by atoms with Gasteiger partial charge in [0.25, 0.3) is 5.88 Å². The van der Waals surface area contributed by atoms with E-state index in [1.807, 2.05) is 0 Å². The van der Waals surface area contributed by atoms with Gasteiger partial charge in [-0.1, -0.05) is 0 Å². The fraction of sp³-hybridized carbons (Fsp3) is 0.125. The Bertz CT molecular complexity index is 453. The van der Waals surface area contributed by atoms with Crippen LogP contribution in [0, 0.1) is 5.82 Å². The number of aromatic hydroxyl groups is 1. The van der Waals surface area contributed by atoms with Crippen molar-refractivity contribution in [2.75, 3.05) is 7.11 Å². The number of halogens is 1. The first-order valence-corrected chi connectivity index (χ1v) is 3.63. The van der Waals surface area contributed by atoms with E-state index in [4.69, 9.17) is 4.74 Å². The van der Waals surface area contributed by atoms with Gasteiger partial charge in [0, 0.05) is 6.20 Å². The molecule has 2 aromatic heterocycles. The number of ether oxygens (including phenoxy) is 1. The maximum absolute atomic E-state index is 12.9. The summed E-state index contributed by atoms with van der Waals surface area (Å²) >= 11 is 0. The molecule has 0 spiro atoms. The third-order valence-electron chi connectivity index (χ3n) is 1.75. The topological polar surface area (TPSA) is 58.1 Å². The summed E-state index contributed by atoms with van der Waals surface area (Å²) in [6.45, 7) is 0. The number of H-pyrrole nitrogens is 1. The van der Waals surface area contributed by atoms with Crippen molar-refractivity contribution in [3.8, 4) is 11.6 Å². The summed E-state index contributed by atoms with van der Waals surface area (Å²) in [7, 11) is 1.38. The minimum absolute atomic E-state index is 0.0781. The fourth-order valence-electron chi connectivity index (χ4n) is 1.14. The average molecular weight is 182 g/mol. The monoisotopic (exact) mass is 182 g/mol. The number of aromatic nitrogens is 2. The van der Waals surface area contributed by atoms with Crippen molar-refractivity contribution in [1.29, 1.82) is 0 Å². The van der Waals surface area contributed by atoms with Gasteiger partial charge in [-0.15, -0.1) is 0 Å². The summed E-state index contributed by atoms with van der Waals surface area (Å²) in [5.74, 6) is -0.539. The second-order valence-corrected chi connectivity index (χ2v) is 2.55. The van der Waals surface area contributed by atoms with Gasteiger partial charge in [0.2, 0.25) is 0 Å². The number of rotatable bonds is 1. The average Bonchev–Trinajstić information content (AvgIpc) is 2.47. The predicted molar refractivity (Wildman–Crippen MR) is 44.3 cm³/mol. The molecule has 0 unspecified atom stereocenters. The SMILES string of the molecule is COc1nc2[nH]cc(F)c2cc1O. The van der Waals surface area contributed by atoms with E-state index >= 15 is 0 Å². The van der Waals surface area contributed by atoms with Crippen LogP contribution in [0.5, 0.6) is 11.6 Å². The third-order valence-corrected chi connectivity index (χ3v) is 1.75. The van der Waals surface area contributed by atoms with Gasteiger partial charge >= 0.3 is 0 Å². The molecule has 0 aromatic carbocycles. The number of nitrogens with one attached hydrogen (secondary N) is 1. The summed E-state index contributed by atoms with van der Waals surface area (Å²) < 4.78 is 17.7. The van der Waals surface area contributed by atoms with E-state index in [2.05, 4.69) is 9.97 Å². The van der Waals surface area contributed by atoms with Crippen molar-refractivity contribution in [3.05, 3.63) is 18.1 Å². The molecule has 0 aliphatic rings. The molecule has 5 heteroatoms. The largest absolute Gasteiger partial charge is 0.503 e. The quantitative estimate of drug-likeness (QED) is 0.701. The van der Waals surface area contributed by atoms with Gasteiger partial charge in [-0.25, -0.2) is 4.39 Å². The zero-order valence-electron chi connectivity index (χ0n) is 6.84. The minimum atomic E-state index is -0.444. The summed E-state index contributed by atoms with van der Waals surface area (Å²) in [5.41, 5.74) is 0.354. The van der Waals surface area contributed by atoms with Crippen LogP contribution in [0.4, 0.5) is 4.39 Å². The lowest BCUT2D eigenvalue weighted by molar-refractivity contribution is 0.360. The lowest BCUT2D eigenvalue weighted by Gasteiger charge is -2.00. The van der Waals surface area contributed by atoms with Gasteiger partial charge in [0.05, 0.1) is 12.5 Å². The van der Waals surface area contributed by atoms with E-state index in [1.54, 1.807) is 0 Å². The molecule has 2 rings (SSSR count). The highest BCUT2D eigenvalue weighted by Gasteiger charge is 2.09. The van der Waals surface area contributed by atoms with Crippen LogP contribution >= 0.6 is 0 Å². The van der Waals surface area contributed by atoms with E-state index in [9.17, 15) is 9.50 Å². The Kier molecular flexibility index (Phi) is 1.58. The van der Waals surface area contributed by atoms with Crippen molar-refractivity contribution < 1.29 is 14.2 Å². The first-order valence-electron chi connectivity index (χ1n) is 3.63. The molecule has 68 valence electrons. The van der Waals surface area contributed by atoms with Crippen molar-refractivity contribution in [3.63, 3.8) is 0 Å². The van der Waals surface area contributed by atoms with Crippen LogP contribution in [0.1, 0.15) is 0 Å². The smallest absolute Gasteiger partial charge is 0.258 e. The van der Waals surface area contributed by atoms with Gasteiger partial charge in [0.1, 0.15) is 11.5 Å². The molecule has 0 aliphatic carbocycles. The van der Waals surface area contributed by atoms with Crippen LogP contribution in [-0.4, -0.2) is 22.2 Å². The number of methoxy groups -OCH3 is 1. The van der Waals surface area contributed by atoms with Crippen molar-refractivity contribution in [2.24, 2.45) is 0 Å². The van der Waals surface area contributed by atoms with Gasteiger partial charge < -0.3 is 14.8 Å².